The zero-order valence-corrected chi connectivity index (χ0v) is 23.4. The van der Waals surface area contributed by atoms with Crippen molar-refractivity contribution in [2.24, 2.45) is 5.92 Å². The van der Waals surface area contributed by atoms with Gasteiger partial charge in [-0.15, -0.1) is 0 Å². The first-order valence-electron chi connectivity index (χ1n) is 15.3. The lowest BCUT2D eigenvalue weighted by Crippen LogP contribution is -2.47. The number of amides is 1. The van der Waals surface area contributed by atoms with Crippen molar-refractivity contribution in [3.63, 3.8) is 0 Å². The van der Waals surface area contributed by atoms with Crippen LogP contribution < -0.4 is 0 Å². The average molecular weight is 517 g/mol. The van der Waals surface area contributed by atoms with Crippen molar-refractivity contribution in [2.45, 2.75) is 108 Å². The summed E-state index contributed by atoms with van der Waals surface area (Å²) in [7, 11) is 0. The van der Waals surface area contributed by atoms with Crippen LogP contribution in [-0.4, -0.2) is 58.1 Å². The quantitative estimate of drug-likeness (QED) is 0.409. The zero-order chi connectivity index (χ0) is 26.4. The Kier molecular flexibility index (Phi) is 9.22. The monoisotopic (exact) mass is 516 g/mol. The van der Waals surface area contributed by atoms with E-state index in [9.17, 15) is 9.90 Å². The van der Waals surface area contributed by atoms with Crippen LogP contribution in [0.1, 0.15) is 94.6 Å². The summed E-state index contributed by atoms with van der Waals surface area (Å²) in [5, 5.41) is 11.3. The van der Waals surface area contributed by atoms with Crippen LogP contribution in [0, 0.1) is 5.92 Å². The Morgan fingerprint density at radius 1 is 0.921 bits per heavy atom. The standard InChI is InChI=1S/C34H48N2O2/c1-27(37)36(31-17-9-4-10-18-31)32-24-30(33(25-32)29-15-7-3-8-16-29)26-35-22-20-34(38,21-23-35)19-11-14-28-12-5-2-6-13-28/h2-3,5-8,12-13,15-16,30-33,38H,4,9-11,14,17-26H2,1H3. The number of hydrogen-bond acceptors (Lipinski definition) is 3. The summed E-state index contributed by atoms with van der Waals surface area (Å²) >= 11 is 0. The van der Waals surface area contributed by atoms with Crippen LogP contribution >= 0.6 is 0 Å². The topological polar surface area (TPSA) is 43.8 Å². The van der Waals surface area contributed by atoms with Gasteiger partial charge in [0.25, 0.3) is 0 Å². The molecule has 4 heteroatoms. The smallest absolute Gasteiger partial charge is 0.219 e. The molecule has 3 atom stereocenters. The SMILES string of the molecule is CC(=O)N(C1CCCCC1)C1CC(CN2CCC(O)(CCCc3ccccc3)CC2)C(c2ccccc2)C1. The molecule has 0 aromatic heterocycles. The molecule has 4 nitrogen and oxygen atoms in total. The van der Waals surface area contributed by atoms with Crippen molar-refractivity contribution in [3.8, 4) is 0 Å². The molecule has 2 aromatic carbocycles. The second kappa shape index (κ2) is 12.8. The molecule has 0 radical (unpaired) electrons. The number of nitrogens with zero attached hydrogens (tertiary/aromatic N) is 2. The van der Waals surface area contributed by atoms with Crippen LogP contribution in [-0.2, 0) is 11.2 Å². The van der Waals surface area contributed by atoms with E-state index in [0.29, 0.717) is 23.9 Å². The predicted molar refractivity (Wildman–Crippen MR) is 155 cm³/mol. The first kappa shape index (κ1) is 27.4. The number of hydrogen-bond donors (Lipinski definition) is 1. The highest BCUT2D eigenvalue weighted by Gasteiger charge is 2.42. The van der Waals surface area contributed by atoms with Crippen LogP contribution in [0.5, 0.6) is 0 Å². The van der Waals surface area contributed by atoms with Crippen molar-refractivity contribution in [1.82, 2.24) is 9.80 Å². The second-order valence-electron chi connectivity index (χ2n) is 12.5. The maximum Gasteiger partial charge on any atom is 0.219 e. The van der Waals surface area contributed by atoms with E-state index in [2.05, 4.69) is 70.5 Å². The molecule has 5 rings (SSSR count). The van der Waals surface area contributed by atoms with Crippen LogP contribution in [0.25, 0.3) is 0 Å². The molecular formula is C34H48N2O2. The number of likely N-dealkylation sites (tertiary alicyclic amines) is 1. The Bertz CT molecular complexity index is 996. The number of carbonyl (C=O) groups excluding carboxylic acids is 1. The van der Waals surface area contributed by atoms with Gasteiger partial charge in [0.15, 0.2) is 0 Å². The third-order valence-electron chi connectivity index (χ3n) is 9.85. The molecule has 1 saturated heterocycles. The van der Waals surface area contributed by atoms with Gasteiger partial charge in [-0.05, 0) is 80.8 Å². The van der Waals surface area contributed by atoms with Crippen LogP contribution in [0.4, 0.5) is 0 Å². The van der Waals surface area contributed by atoms with E-state index < -0.39 is 5.60 Å². The Morgan fingerprint density at radius 2 is 1.58 bits per heavy atom. The van der Waals surface area contributed by atoms with Gasteiger partial charge >= 0.3 is 0 Å². The maximum atomic E-state index is 12.9. The number of aliphatic hydroxyl groups is 1. The third kappa shape index (κ3) is 6.87. The molecule has 1 N–H and O–H groups in total. The molecule has 2 saturated carbocycles. The molecular weight excluding hydrogens is 468 g/mol. The summed E-state index contributed by atoms with van der Waals surface area (Å²) in [4.78, 5) is 17.8. The van der Waals surface area contributed by atoms with Crippen LogP contribution in [0.2, 0.25) is 0 Å². The van der Waals surface area contributed by atoms with Gasteiger partial charge in [0.2, 0.25) is 5.91 Å². The molecule has 206 valence electrons. The van der Waals surface area contributed by atoms with E-state index >= 15 is 0 Å². The second-order valence-corrected chi connectivity index (χ2v) is 12.5. The Morgan fingerprint density at radius 3 is 2.24 bits per heavy atom. The van der Waals surface area contributed by atoms with Gasteiger partial charge in [0.05, 0.1) is 5.60 Å². The van der Waals surface area contributed by atoms with E-state index in [4.69, 9.17) is 0 Å². The zero-order valence-electron chi connectivity index (χ0n) is 23.4. The summed E-state index contributed by atoms with van der Waals surface area (Å²) < 4.78 is 0. The van der Waals surface area contributed by atoms with E-state index in [1.165, 1.54) is 43.2 Å². The molecule has 3 aliphatic rings. The predicted octanol–water partition coefficient (Wildman–Crippen LogP) is 6.58. The van der Waals surface area contributed by atoms with Crippen LogP contribution in [0.3, 0.4) is 0 Å². The number of aryl methyl sites for hydroxylation is 1. The fourth-order valence-electron chi connectivity index (χ4n) is 7.80. The molecule has 2 aliphatic carbocycles. The number of piperidine rings is 1. The minimum absolute atomic E-state index is 0.271. The van der Waals surface area contributed by atoms with E-state index in [-0.39, 0.29) is 5.91 Å². The molecule has 3 unspecified atom stereocenters. The van der Waals surface area contributed by atoms with E-state index in [0.717, 1.165) is 64.6 Å². The first-order chi connectivity index (χ1) is 18.5. The fraction of sp³-hybridized carbons (Fsp3) is 0.618. The molecule has 1 amide bonds. The lowest BCUT2D eigenvalue weighted by atomic mass is 9.84. The highest BCUT2D eigenvalue weighted by molar-refractivity contribution is 5.74. The Hall–Kier alpha value is -2.17. The van der Waals surface area contributed by atoms with E-state index in [1.54, 1.807) is 6.92 Å². The highest BCUT2D eigenvalue weighted by atomic mass is 16.3. The van der Waals surface area contributed by atoms with Crippen LogP contribution in [0.15, 0.2) is 60.7 Å². The molecule has 38 heavy (non-hydrogen) atoms. The molecule has 2 aromatic rings. The summed E-state index contributed by atoms with van der Waals surface area (Å²) in [6.45, 7) is 4.82. The lowest BCUT2D eigenvalue weighted by molar-refractivity contribution is -0.134. The van der Waals surface area contributed by atoms with Crippen molar-refractivity contribution in [2.75, 3.05) is 19.6 Å². The van der Waals surface area contributed by atoms with Crippen molar-refractivity contribution >= 4 is 5.91 Å². The minimum atomic E-state index is -0.519. The number of benzene rings is 2. The van der Waals surface area contributed by atoms with Crippen molar-refractivity contribution in [1.29, 1.82) is 0 Å². The normalized spacial score (nSPS) is 26.3. The number of rotatable bonds is 9. The summed E-state index contributed by atoms with van der Waals surface area (Å²) in [5.41, 5.74) is 2.28. The van der Waals surface area contributed by atoms with Gasteiger partial charge in [-0.3, -0.25) is 4.79 Å². The Labute approximate surface area is 230 Å². The van der Waals surface area contributed by atoms with Gasteiger partial charge in [-0.25, -0.2) is 0 Å². The van der Waals surface area contributed by atoms with Gasteiger partial charge in [0.1, 0.15) is 0 Å². The molecule has 0 bridgehead atoms. The van der Waals surface area contributed by atoms with Crippen molar-refractivity contribution in [3.05, 3.63) is 71.8 Å². The van der Waals surface area contributed by atoms with Gasteiger partial charge < -0.3 is 14.9 Å². The lowest BCUT2D eigenvalue weighted by Gasteiger charge is -2.40. The molecule has 3 fully saturated rings. The highest BCUT2D eigenvalue weighted by Crippen LogP contribution is 2.44. The maximum absolute atomic E-state index is 12.9. The third-order valence-corrected chi connectivity index (χ3v) is 9.85. The van der Waals surface area contributed by atoms with E-state index in [1.807, 2.05) is 0 Å². The number of carbonyl (C=O) groups is 1. The molecule has 0 spiro atoms. The van der Waals surface area contributed by atoms with Crippen molar-refractivity contribution < 1.29 is 9.90 Å². The largest absolute Gasteiger partial charge is 0.390 e. The first-order valence-corrected chi connectivity index (χ1v) is 15.3. The molecule has 1 aliphatic heterocycles. The average Bonchev–Trinajstić information content (AvgIpc) is 3.34. The molecule has 1 heterocycles. The fourth-order valence-corrected chi connectivity index (χ4v) is 7.80. The van der Waals surface area contributed by atoms with Gasteiger partial charge in [0, 0.05) is 38.6 Å². The van der Waals surface area contributed by atoms with Gasteiger partial charge in [-0.1, -0.05) is 79.9 Å². The summed E-state index contributed by atoms with van der Waals surface area (Å²) in [6, 6.07) is 22.5. The Balaban J connectivity index is 1.20. The summed E-state index contributed by atoms with van der Waals surface area (Å²) in [6.07, 6.45) is 13.1. The van der Waals surface area contributed by atoms with Gasteiger partial charge in [-0.2, -0.15) is 0 Å². The minimum Gasteiger partial charge on any atom is -0.390 e. The summed E-state index contributed by atoms with van der Waals surface area (Å²) in [5.74, 6) is 1.32.